The number of azo groups is 1. The van der Waals surface area contributed by atoms with Crippen molar-refractivity contribution in [3.8, 4) is 17.2 Å². The van der Waals surface area contributed by atoms with Crippen LogP contribution >= 0.6 is 0 Å². The number of nitrogens with zero attached hydrogens (tertiary/aromatic N) is 2. The minimum atomic E-state index is -0.688. The molecule has 5 heteroatoms. The smallest absolute Gasteiger partial charge is 0.137 e. The van der Waals surface area contributed by atoms with Crippen LogP contribution in [-0.2, 0) is 5.54 Å². The quantitative estimate of drug-likeness (QED) is 0.517. The topological polar surface area (TPSA) is 85.4 Å². The number of phenols is 3. The van der Waals surface area contributed by atoms with Crippen molar-refractivity contribution in [2.75, 3.05) is 0 Å². The Labute approximate surface area is 174 Å². The highest BCUT2D eigenvalue weighted by Gasteiger charge is 2.51. The van der Waals surface area contributed by atoms with E-state index in [-0.39, 0.29) is 23.2 Å². The number of hydrogen-bond acceptors (Lipinski definition) is 5. The molecule has 1 aliphatic carbocycles. The average Bonchev–Trinajstić information content (AvgIpc) is 3.08. The van der Waals surface area contributed by atoms with E-state index in [0.29, 0.717) is 0 Å². The summed E-state index contributed by atoms with van der Waals surface area (Å²) < 4.78 is 0. The van der Waals surface area contributed by atoms with Gasteiger partial charge in [-0.15, -0.1) is 0 Å². The molecule has 0 bridgehead atoms. The third kappa shape index (κ3) is 2.86. The Morgan fingerprint density at radius 1 is 0.733 bits per heavy atom. The summed E-state index contributed by atoms with van der Waals surface area (Å²) >= 11 is 0. The number of benzene rings is 3. The lowest BCUT2D eigenvalue weighted by Gasteiger charge is -2.42. The zero-order chi connectivity index (χ0) is 20.7. The first-order chi connectivity index (χ1) is 14.6. The second-order valence-corrected chi connectivity index (χ2v) is 7.96. The first kappa shape index (κ1) is 18.4. The molecular weight excluding hydrogens is 376 g/mol. The Balaban J connectivity index is 1.80. The van der Waals surface area contributed by atoms with E-state index in [0.717, 1.165) is 47.2 Å². The molecule has 0 amide bonds. The maximum Gasteiger partial charge on any atom is 0.137 e. The van der Waals surface area contributed by atoms with Gasteiger partial charge in [0.05, 0.1) is 5.70 Å². The summed E-state index contributed by atoms with van der Waals surface area (Å²) in [4.78, 5) is 0. The average molecular weight is 398 g/mol. The van der Waals surface area contributed by atoms with Gasteiger partial charge in [0.25, 0.3) is 0 Å². The molecular formula is C25H22N2O3. The van der Waals surface area contributed by atoms with Crippen LogP contribution in [0.15, 0.2) is 83.0 Å². The lowest BCUT2D eigenvalue weighted by atomic mass is 9.63. The predicted octanol–water partition coefficient (Wildman–Crippen LogP) is 5.83. The first-order valence-electron chi connectivity index (χ1n) is 10.1. The fourth-order valence-corrected chi connectivity index (χ4v) is 4.51. The Kier molecular flexibility index (Phi) is 4.31. The molecule has 0 radical (unpaired) electrons. The van der Waals surface area contributed by atoms with Gasteiger partial charge in [0.1, 0.15) is 22.8 Å². The Morgan fingerprint density at radius 3 is 2.00 bits per heavy atom. The summed E-state index contributed by atoms with van der Waals surface area (Å²) in [6.45, 7) is 0. The molecule has 150 valence electrons. The van der Waals surface area contributed by atoms with Gasteiger partial charge in [-0.05, 0) is 78.4 Å². The molecule has 3 aromatic rings. The zero-order valence-electron chi connectivity index (χ0n) is 16.4. The van der Waals surface area contributed by atoms with Gasteiger partial charge in [0.15, 0.2) is 0 Å². The van der Waals surface area contributed by atoms with Gasteiger partial charge < -0.3 is 15.3 Å². The van der Waals surface area contributed by atoms with Crippen molar-refractivity contribution in [2.24, 2.45) is 16.1 Å². The molecule has 1 heterocycles. The fraction of sp³-hybridized carbons (Fsp3) is 0.200. The summed E-state index contributed by atoms with van der Waals surface area (Å²) in [5, 5.41) is 39.3. The van der Waals surface area contributed by atoms with Gasteiger partial charge in [-0.25, -0.2) is 0 Å². The summed E-state index contributed by atoms with van der Waals surface area (Å²) in [7, 11) is 0. The van der Waals surface area contributed by atoms with Crippen LogP contribution in [-0.4, -0.2) is 15.3 Å². The molecule has 0 aromatic heterocycles. The van der Waals surface area contributed by atoms with Crippen molar-refractivity contribution < 1.29 is 15.3 Å². The molecule has 1 aliphatic heterocycles. The molecule has 30 heavy (non-hydrogen) atoms. The molecule has 1 fully saturated rings. The van der Waals surface area contributed by atoms with Crippen molar-refractivity contribution in [3.05, 3.63) is 89.5 Å². The number of rotatable bonds is 4. The molecule has 1 atom stereocenters. The number of hydrogen-bond donors (Lipinski definition) is 3. The third-order valence-corrected chi connectivity index (χ3v) is 6.20. The lowest BCUT2D eigenvalue weighted by molar-refractivity contribution is 0.215. The van der Waals surface area contributed by atoms with E-state index in [1.807, 2.05) is 36.4 Å². The summed E-state index contributed by atoms with van der Waals surface area (Å²) in [5.41, 5.74) is 3.69. The van der Waals surface area contributed by atoms with E-state index in [1.165, 1.54) is 0 Å². The van der Waals surface area contributed by atoms with Crippen LogP contribution in [0.4, 0.5) is 0 Å². The van der Waals surface area contributed by atoms with E-state index in [9.17, 15) is 15.3 Å². The maximum atomic E-state index is 10.2. The second-order valence-electron chi connectivity index (χ2n) is 7.96. The molecule has 0 spiro atoms. The molecule has 1 unspecified atom stereocenters. The molecule has 3 N–H and O–H groups in total. The van der Waals surface area contributed by atoms with E-state index >= 15 is 0 Å². The predicted molar refractivity (Wildman–Crippen MR) is 115 cm³/mol. The zero-order valence-corrected chi connectivity index (χ0v) is 16.4. The maximum absolute atomic E-state index is 10.2. The van der Waals surface area contributed by atoms with E-state index in [1.54, 1.807) is 36.4 Å². The van der Waals surface area contributed by atoms with Crippen molar-refractivity contribution in [1.29, 1.82) is 0 Å². The lowest BCUT2D eigenvalue weighted by Crippen LogP contribution is -2.37. The van der Waals surface area contributed by atoms with Crippen LogP contribution in [0.1, 0.15) is 36.0 Å². The molecule has 2 aliphatic rings. The van der Waals surface area contributed by atoms with Gasteiger partial charge in [-0.3, -0.25) is 0 Å². The van der Waals surface area contributed by atoms with Crippen LogP contribution in [0, 0.1) is 5.92 Å². The van der Waals surface area contributed by atoms with Crippen LogP contribution in [0.25, 0.3) is 11.3 Å². The molecule has 5 nitrogen and oxygen atoms in total. The third-order valence-electron chi connectivity index (χ3n) is 6.20. The molecule has 1 saturated carbocycles. The summed E-state index contributed by atoms with van der Waals surface area (Å²) in [5.74, 6) is 0.860. The Morgan fingerprint density at radius 2 is 1.40 bits per heavy atom. The van der Waals surface area contributed by atoms with Crippen molar-refractivity contribution >= 4 is 11.3 Å². The van der Waals surface area contributed by atoms with Gasteiger partial charge in [-0.2, -0.15) is 10.2 Å². The molecule has 0 saturated heterocycles. The standard InChI is InChI=1S/C25H22N2O3/c28-20-11-7-16(8-12-20)24-23(17-3-1-6-22(30)15-17)25(27-26-24,18-4-2-5-18)19-9-13-21(29)14-10-19/h1,3,6-15,18,28-30H,2,4-5H2. The summed E-state index contributed by atoms with van der Waals surface area (Å²) in [6, 6.07) is 21.3. The highest BCUT2D eigenvalue weighted by Crippen LogP contribution is 2.58. The number of aromatic hydroxyl groups is 3. The monoisotopic (exact) mass is 398 g/mol. The van der Waals surface area contributed by atoms with Gasteiger partial charge in [0, 0.05) is 11.1 Å². The minimum Gasteiger partial charge on any atom is -0.508 e. The summed E-state index contributed by atoms with van der Waals surface area (Å²) in [6.07, 6.45) is 3.21. The van der Waals surface area contributed by atoms with E-state index in [2.05, 4.69) is 5.11 Å². The van der Waals surface area contributed by atoms with E-state index in [4.69, 9.17) is 5.11 Å². The van der Waals surface area contributed by atoms with Crippen molar-refractivity contribution in [1.82, 2.24) is 0 Å². The first-order valence-corrected chi connectivity index (χ1v) is 10.1. The highest BCUT2D eigenvalue weighted by molar-refractivity contribution is 5.97. The Bertz CT molecular complexity index is 1150. The Hall–Kier alpha value is -3.60. The SMILES string of the molecule is Oc1ccc(C2=C(c3cccc(O)c3)C(c3ccc(O)cc3)(C3CCC3)N=N2)cc1. The van der Waals surface area contributed by atoms with Gasteiger partial charge in [0.2, 0.25) is 0 Å². The number of phenolic OH excluding ortho intramolecular Hbond substituents is 3. The molecule has 3 aromatic carbocycles. The highest BCUT2D eigenvalue weighted by atomic mass is 16.3. The van der Waals surface area contributed by atoms with Gasteiger partial charge >= 0.3 is 0 Å². The van der Waals surface area contributed by atoms with Crippen molar-refractivity contribution in [2.45, 2.75) is 24.8 Å². The second kappa shape index (κ2) is 7.02. The van der Waals surface area contributed by atoms with Crippen LogP contribution < -0.4 is 0 Å². The van der Waals surface area contributed by atoms with Crippen LogP contribution in [0.3, 0.4) is 0 Å². The van der Waals surface area contributed by atoms with Crippen LogP contribution in [0.5, 0.6) is 17.2 Å². The largest absolute Gasteiger partial charge is 0.508 e. The van der Waals surface area contributed by atoms with Crippen LogP contribution in [0.2, 0.25) is 0 Å². The molecule has 5 rings (SSSR count). The minimum absolute atomic E-state index is 0.185. The normalized spacial score (nSPS) is 21.1. The van der Waals surface area contributed by atoms with E-state index < -0.39 is 5.54 Å². The fourth-order valence-electron chi connectivity index (χ4n) is 4.51. The van der Waals surface area contributed by atoms with Crippen molar-refractivity contribution in [3.63, 3.8) is 0 Å². The van der Waals surface area contributed by atoms with Gasteiger partial charge in [-0.1, -0.05) is 30.7 Å².